The molecule has 1 aliphatic carbocycles. The van der Waals surface area contributed by atoms with Crippen LogP contribution in [0.25, 0.3) is 0 Å². The van der Waals surface area contributed by atoms with Crippen LogP contribution in [0.3, 0.4) is 0 Å². The summed E-state index contributed by atoms with van der Waals surface area (Å²) in [4.78, 5) is 16.2. The first-order valence-electron chi connectivity index (χ1n) is 6.88. The Morgan fingerprint density at radius 3 is 2.95 bits per heavy atom. The van der Waals surface area contributed by atoms with Gasteiger partial charge in [0.15, 0.2) is 0 Å². The van der Waals surface area contributed by atoms with Crippen LogP contribution in [0.2, 0.25) is 5.02 Å². The molecule has 21 heavy (non-hydrogen) atoms. The second-order valence-corrected chi connectivity index (χ2v) is 5.52. The van der Waals surface area contributed by atoms with Crippen LogP contribution in [0, 0.1) is 0 Å². The summed E-state index contributed by atoms with van der Waals surface area (Å²) >= 11 is 6.04. The molecule has 1 heterocycles. The summed E-state index contributed by atoms with van der Waals surface area (Å²) in [6.07, 6.45) is 2.55. The van der Waals surface area contributed by atoms with Crippen LogP contribution >= 0.6 is 11.6 Å². The Kier molecular flexibility index (Phi) is 3.80. The van der Waals surface area contributed by atoms with Crippen molar-refractivity contribution in [2.75, 3.05) is 18.9 Å². The summed E-state index contributed by atoms with van der Waals surface area (Å²) in [5, 5.41) is 6.26. The molecule has 0 saturated carbocycles. The predicted octanol–water partition coefficient (Wildman–Crippen LogP) is 2.85. The minimum atomic E-state index is -0.142. The number of carbonyl (C=O) groups excluding carboxylic acids is 1. The fourth-order valence-corrected chi connectivity index (χ4v) is 2.87. The van der Waals surface area contributed by atoms with Gasteiger partial charge < -0.3 is 10.6 Å². The topological polar surface area (TPSA) is 54.0 Å². The Morgan fingerprint density at radius 2 is 2.24 bits per heavy atom. The van der Waals surface area contributed by atoms with Gasteiger partial charge in [-0.1, -0.05) is 35.9 Å². The largest absolute Gasteiger partial charge is 0.372 e. The Bertz CT molecular complexity index is 687. The maximum Gasteiger partial charge on any atom is 0.252 e. The molecule has 2 aromatic rings. The van der Waals surface area contributed by atoms with E-state index in [4.69, 9.17) is 11.6 Å². The summed E-state index contributed by atoms with van der Waals surface area (Å²) in [6.45, 7) is 0.640. The monoisotopic (exact) mass is 301 g/mol. The minimum Gasteiger partial charge on any atom is -0.372 e. The number of carbonyl (C=O) groups is 1. The second kappa shape index (κ2) is 5.74. The van der Waals surface area contributed by atoms with Crippen molar-refractivity contribution in [3.05, 3.63) is 58.2 Å². The summed E-state index contributed by atoms with van der Waals surface area (Å²) in [7, 11) is 1.74. The van der Waals surface area contributed by atoms with Gasteiger partial charge >= 0.3 is 0 Å². The zero-order chi connectivity index (χ0) is 14.8. The Labute approximate surface area is 128 Å². The van der Waals surface area contributed by atoms with Crippen molar-refractivity contribution in [1.82, 2.24) is 10.3 Å². The quantitative estimate of drug-likeness (QED) is 0.913. The van der Waals surface area contributed by atoms with E-state index in [0.29, 0.717) is 28.9 Å². The van der Waals surface area contributed by atoms with Crippen LogP contribution < -0.4 is 10.6 Å². The van der Waals surface area contributed by atoms with Gasteiger partial charge in [0.25, 0.3) is 5.91 Å². The van der Waals surface area contributed by atoms with Crippen molar-refractivity contribution in [3.63, 3.8) is 0 Å². The molecule has 1 aliphatic rings. The van der Waals surface area contributed by atoms with Crippen molar-refractivity contribution in [2.45, 2.75) is 12.3 Å². The van der Waals surface area contributed by atoms with Gasteiger partial charge in [0.2, 0.25) is 0 Å². The lowest BCUT2D eigenvalue weighted by Gasteiger charge is -2.30. The predicted molar refractivity (Wildman–Crippen MR) is 84.0 cm³/mol. The fraction of sp³-hybridized carbons (Fsp3) is 0.250. The Hall–Kier alpha value is -2.07. The molecule has 5 heteroatoms. The molecule has 0 radical (unpaired) electrons. The van der Waals surface area contributed by atoms with Gasteiger partial charge in [0, 0.05) is 25.7 Å². The first-order chi connectivity index (χ1) is 10.2. The van der Waals surface area contributed by atoms with Crippen LogP contribution in [0.5, 0.6) is 0 Å². The Morgan fingerprint density at radius 1 is 1.43 bits per heavy atom. The van der Waals surface area contributed by atoms with Crippen LogP contribution in [0.15, 0.2) is 36.5 Å². The third kappa shape index (κ3) is 2.72. The molecule has 1 unspecified atom stereocenters. The second-order valence-electron chi connectivity index (χ2n) is 5.11. The Balaban J connectivity index is 1.62. The molecule has 0 aliphatic heterocycles. The van der Waals surface area contributed by atoms with Crippen molar-refractivity contribution in [1.29, 1.82) is 0 Å². The molecule has 4 nitrogen and oxygen atoms in total. The number of rotatable bonds is 4. The van der Waals surface area contributed by atoms with E-state index in [-0.39, 0.29) is 5.91 Å². The van der Waals surface area contributed by atoms with Crippen LogP contribution in [-0.4, -0.2) is 24.5 Å². The number of aromatic nitrogens is 1. The number of hydrogen-bond acceptors (Lipinski definition) is 3. The van der Waals surface area contributed by atoms with E-state index in [1.807, 2.05) is 12.1 Å². The molecule has 0 fully saturated rings. The maximum atomic E-state index is 12.1. The van der Waals surface area contributed by atoms with Gasteiger partial charge in [-0.2, -0.15) is 0 Å². The number of fused-ring (bicyclic) bond motifs is 1. The van der Waals surface area contributed by atoms with Crippen molar-refractivity contribution in [3.8, 4) is 0 Å². The van der Waals surface area contributed by atoms with E-state index < -0.39 is 0 Å². The number of halogens is 1. The summed E-state index contributed by atoms with van der Waals surface area (Å²) in [5.41, 5.74) is 3.19. The average molecular weight is 302 g/mol. The van der Waals surface area contributed by atoms with Crippen molar-refractivity contribution in [2.24, 2.45) is 0 Å². The number of amides is 1. The number of nitrogens with one attached hydrogen (secondary N) is 2. The SMILES string of the molecule is CNc1ncc(C(=O)NCC2Cc3ccccc32)cc1Cl. The maximum absolute atomic E-state index is 12.1. The average Bonchev–Trinajstić information content (AvgIpc) is 2.48. The molecule has 1 amide bonds. The normalized spacial score (nSPS) is 15.8. The number of pyridine rings is 1. The lowest BCUT2D eigenvalue weighted by atomic mass is 9.77. The summed E-state index contributed by atoms with van der Waals surface area (Å²) in [6, 6.07) is 9.96. The first-order valence-corrected chi connectivity index (χ1v) is 7.26. The third-order valence-electron chi connectivity index (χ3n) is 3.81. The molecule has 1 atom stereocenters. The zero-order valence-electron chi connectivity index (χ0n) is 11.7. The highest BCUT2D eigenvalue weighted by Crippen LogP contribution is 2.34. The highest BCUT2D eigenvalue weighted by molar-refractivity contribution is 6.33. The smallest absolute Gasteiger partial charge is 0.252 e. The first kappa shape index (κ1) is 13.9. The molecule has 1 aromatic carbocycles. The summed E-state index contributed by atoms with van der Waals surface area (Å²) < 4.78 is 0. The van der Waals surface area contributed by atoms with Crippen molar-refractivity contribution < 1.29 is 4.79 Å². The molecule has 3 rings (SSSR count). The lowest BCUT2D eigenvalue weighted by Crippen LogP contribution is -2.33. The molecule has 0 saturated heterocycles. The number of hydrogen-bond donors (Lipinski definition) is 2. The van der Waals surface area contributed by atoms with Crippen LogP contribution in [-0.2, 0) is 6.42 Å². The molecular weight excluding hydrogens is 286 g/mol. The van der Waals surface area contributed by atoms with Gasteiger partial charge in [-0.25, -0.2) is 4.98 Å². The van der Waals surface area contributed by atoms with E-state index in [2.05, 4.69) is 27.8 Å². The third-order valence-corrected chi connectivity index (χ3v) is 4.10. The van der Waals surface area contributed by atoms with Gasteiger partial charge in [-0.3, -0.25) is 4.79 Å². The van der Waals surface area contributed by atoms with Crippen molar-refractivity contribution >= 4 is 23.3 Å². The fourth-order valence-electron chi connectivity index (χ4n) is 2.61. The highest BCUT2D eigenvalue weighted by Gasteiger charge is 2.25. The zero-order valence-corrected chi connectivity index (χ0v) is 12.4. The molecule has 0 bridgehead atoms. The van der Waals surface area contributed by atoms with E-state index >= 15 is 0 Å². The number of benzene rings is 1. The molecule has 0 spiro atoms. The van der Waals surface area contributed by atoms with Gasteiger partial charge in [-0.15, -0.1) is 0 Å². The highest BCUT2D eigenvalue weighted by atomic mass is 35.5. The number of nitrogens with zero attached hydrogens (tertiary/aromatic N) is 1. The molecular formula is C16H16ClN3O. The van der Waals surface area contributed by atoms with Gasteiger partial charge in [0.05, 0.1) is 10.6 Å². The van der Waals surface area contributed by atoms with E-state index in [9.17, 15) is 4.79 Å². The van der Waals surface area contributed by atoms with Crippen LogP contribution in [0.1, 0.15) is 27.4 Å². The molecule has 108 valence electrons. The molecule has 2 N–H and O–H groups in total. The number of anilines is 1. The van der Waals surface area contributed by atoms with E-state index in [1.165, 1.54) is 17.3 Å². The van der Waals surface area contributed by atoms with Crippen LogP contribution in [0.4, 0.5) is 5.82 Å². The lowest BCUT2D eigenvalue weighted by molar-refractivity contribution is 0.0949. The van der Waals surface area contributed by atoms with E-state index in [0.717, 1.165) is 6.42 Å². The standard InChI is InChI=1S/C16H16ClN3O/c1-18-15-14(17)7-12(9-19-15)16(21)20-8-11-6-10-4-2-3-5-13(10)11/h2-5,7,9,11H,6,8H2,1H3,(H,18,19)(H,20,21). The van der Waals surface area contributed by atoms with Gasteiger partial charge in [-0.05, 0) is 23.6 Å². The van der Waals surface area contributed by atoms with E-state index in [1.54, 1.807) is 13.1 Å². The summed E-state index contributed by atoms with van der Waals surface area (Å²) in [5.74, 6) is 0.836. The minimum absolute atomic E-state index is 0.142. The van der Waals surface area contributed by atoms with Gasteiger partial charge in [0.1, 0.15) is 5.82 Å². The molecule has 1 aromatic heterocycles.